The van der Waals surface area contributed by atoms with Gasteiger partial charge in [0.2, 0.25) is 0 Å². The van der Waals surface area contributed by atoms with Crippen molar-refractivity contribution in [3.05, 3.63) is 17.0 Å². The molecule has 0 saturated heterocycles. The van der Waals surface area contributed by atoms with Gasteiger partial charge in [0.1, 0.15) is 0 Å². The van der Waals surface area contributed by atoms with Crippen LogP contribution >= 0.6 is 0 Å². The summed E-state index contributed by atoms with van der Waals surface area (Å²) < 4.78 is 2.05. The summed E-state index contributed by atoms with van der Waals surface area (Å²) in [5.74, 6) is 3.00. The molecule has 4 unspecified atom stereocenters. The van der Waals surface area contributed by atoms with Gasteiger partial charge < -0.3 is 5.32 Å². The molecule has 4 atom stereocenters. The molecule has 2 saturated carbocycles. The lowest BCUT2D eigenvalue weighted by atomic mass is 9.82. The van der Waals surface area contributed by atoms with Gasteiger partial charge >= 0.3 is 0 Å². The van der Waals surface area contributed by atoms with Gasteiger partial charge in [0.15, 0.2) is 0 Å². The first-order valence-electron chi connectivity index (χ1n) is 8.83. The van der Waals surface area contributed by atoms with Gasteiger partial charge in [0, 0.05) is 24.3 Å². The molecule has 2 bridgehead atoms. The molecule has 21 heavy (non-hydrogen) atoms. The van der Waals surface area contributed by atoms with Crippen LogP contribution in [0.5, 0.6) is 0 Å². The second-order valence-electron chi connectivity index (χ2n) is 7.39. The summed E-state index contributed by atoms with van der Waals surface area (Å²) in [7, 11) is 2.07. The third-order valence-electron chi connectivity index (χ3n) is 5.98. The number of rotatable bonds is 6. The summed E-state index contributed by atoms with van der Waals surface area (Å²) >= 11 is 0. The van der Waals surface area contributed by atoms with Gasteiger partial charge in [-0.05, 0) is 70.3 Å². The summed E-state index contributed by atoms with van der Waals surface area (Å²) in [6.07, 6.45) is 8.49. The minimum Gasteiger partial charge on any atom is -0.310 e. The molecule has 0 spiro atoms. The third-order valence-corrected chi connectivity index (χ3v) is 5.98. The van der Waals surface area contributed by atoms with Crippen molar-refractivity contribution in [1.82, 2.24) is 15.1 Å². The number of hydrogen-bond acceptors (Lipinski definition) is 2. The van der Waals surface area contributed by atoms with E-state index < -0.39 is 0 Å². The lowest BCUT2D eigenvalue weighted by molar-refractivity contribution is 0.278. The summed E-state index contributed by atoms with van der Waals surface area (Å²) in [6.45, 7) is 7.75. The quantitative estimate of drug-likeness (QED) is 0.860. The molecule has 2 aliphatic carbocycles. The summed E-state index contributed by atoms with van der Waals surface area (Å²) in [6, 6.07) is 0.503. The highest BCUT2D eigenvalue weighted by molar-refractivity contribution is 5.28. The Bertz CT molecular complexity index is 491. The molecule has 2 aliphatic rings. The minimum atomic E-state index is 0.503. The SMILES string of the molecule is CCCNC(CC1CC2CCC1C2)c1c(C)nn(C)c1C. The first kappa shape index (κ1) is 15.1. The monoisotopic (exact) mass is 289 g/mol. The van der Waals surface area contributed by atoms with E-state index in [1.807, 2.05) is 4.68 Å². The summed E-state index contributed by atoms with van der Waals surface area (Å²) in [5.41, 5.74) is 4.02. The van der Waals surface area contributed by atoms with Crippen molar-refractivity contribution >= 4 is 0 Å². The first-order valence-corrected chi connectivity index (χ1v) is 8.83. The van der Waals surface area contributed by atoms with E-state index in [1.165, 1.54) is 55.5 Å². The Morgan fingerprint density at radius 1 is 1.29 bits per heavy atom. The van der Waals surface area contributed by atoms with Crippen molar-refractivity contribution in [1.29, 1.82) is 0 Å². The van der Waals surface area contributed by atoms with Crippen LogP contribution in [0.25, 0.3) is 0 Å². The Morgan fingerprint density at radius 3 is 2.62 bits per heavy atom. The van der Waals surface area contributed by atoms with Crippen LogP contribution in [0.1, 0.15) is 68.4 Å². The molecule has 1 N–H and O–H groups in total. The molecular formula is C18H31N3. The van der Waals surface area contributed by atoms with E-state index in [2.05, 4.69) is 38.2 Å². The average molecular weight is 289 g/mol. The van der Waals surface area contributed by atoms with Gasteiger partial charge in [-0.3, -0.25) is 4.68 Å². The van der Waals surface area contributed by atoms with Crippen molar-refractivity contribution in [2.75, 3.05) is 6.54 Å². The van der Waals surface area contributed by atoms with Gasteiger partial charge in [0.25, 0.3) is 0 Å². The third kappa shape index (κ3) is 2.90. The van der Waals surface area contributed by atoms with E-state index in [0.29, 0.717) is 6.04 Å². The molecular weight excluding hydrogens is 258 g/mol. The molecule has 3 nitrogen and oxygen atoms in total. The van der Waals surface area contributed by atoms with Gasteiger partial charge in [-0.1, -0.05) is 13.3 Å². The predicted molar refractivity (Wildman–Crippen MR) is 87.3 cm³/mol. The van der Waals surface area contributed by atoms with E-state index in [4.69, 9.17) is 0 Å². The van der Waals surface area contributed by atoms with Gasteiger partial charge in [-0.15, -0.1) is 0 Å². The van der Waals surface area contributed by atoms with Gasteiger partial charge in [-0.25, -0.2) is 0 Å². The van der Waals surface area contributed by atoms with E-state index in [9.17, 15) is 0 Å². The molecule has 1 aromatic heterocycles. The maximum absolute atomic E-state index is 4.64. The van der Waals surface area contributed by atoms with E-state index in [-0.39, 0.29) is 0 Å². The Labute approximate surface area is 129 Å². The van der Waals surface area contributed by atoms with Crippen LogP contribution in [0.3, 0.4) is 0 Å². The average Bonchev–Trinajstić information content (AvgIpc) is 3.12. The Kier molecular flexibility index (Phi) is 4.39. The summed E-state index contributed by atoms with van der Waals surface area (Å²) in [5, 5.41) is 8.45. The molecule has 1 aromatic rings. The van der Waals surface area contributed by atoms with Crippen LogP contribution in [0, 0.1) is 31.6 Å². The zero-order valence-electron chi connectivity index (χ0n) is 14.2. The molecule has 0 amide bonds. The Balaban J connectivity index is 1.77. The van der Waals surface area contributed by atoms with Crippen molar-refractivity contribution < 1.29 is 0 Å². The zero-order chi connectivity index (χ0) is 15.0. The zero-order valence-corrected chi connectivity index (χ0v) is 14.2. The Morgan fingerprint density at radius 2 is 2.10 bits per heavy atom. The van der Waals surface area contributed by atoms with Gasteiger partial charge in [-0.2, -0.15) is 5.10 Å². The van der Waals surface area contributed by atoms with Crippen LogP contribution < -0.4 is 5.32 Å². The highest BCUT2D eigenvalue weighted by atomic mass is 15.3. The summed E-state index contributed by atoms with van der Waals surface area (Å²) in [4.78, 5) is 0. The molecule has 0 radical (unpaired) electrons. The van der Waals surface area contributed by atoms with Crippen LogP contribution in [0.15, 0.2) is 0 Å². The fraction of sp³-hybridized carbons (Fsp3) is 0.833. The van der Waals surface area contributed by atoms with E-state index in [0.717, 1.165) is 24.3 Å². The number of aromatic nitrogens is 2. The number of hydrogen-bond donors (Lipinski definition) is 1. The van der Waals surface area contributed by atoms with Crippen molar-refractivity contribution in [3.8, 4) is 0 Å². The molecule has 0 aromatic carbocycles. The smallest absolute Gasteiger partial charge is 0.0644 e. The molecule has 2 fully saturated rings. The number of nitrogens with one attached hydrogen (secondary N) is 1. The number of fused-ring (bicyclic) bond motifs is 2. The standard InChI is InChI=1S/C18H31N3/c1-5-8-19-17(18-12(2)20-21(4)13(18)3)11-16-10-14-6-7-15(16)9-14/h14-17,19H,5-11H2,1-4H3. The van der Waals surface area contributed by atoms with Crippen LogP contribution in [-0.4, -0.2) is 16.3 Å². The molecule has 3 rings (SSSR count). The normalized spacial score (nSPS) is 29.2. The maximum atomic E-state index is 4.64. The second kappa shape index (κ2) is 6.12. The molecule has 3 heteroatoms. The van der Waals surface area contributed by atoms with Crippen LogP contribution in [0.4, 0.5) is 0 Å². The maximum Gasteiger partial charge on any atom is 0.0644 e. The topological polar surface area (TPSA) is 29.9 Å². The van der Waals surface area contributed by atoms with Crippen LogP contribution in [-0.2, 0) is 7.05 Å². The molecule has 1 heterocycles. The highest BCUT2D eigenvalue weighted by Crippen LogP contribution is 2.51. The number of nitrogens with zero attached hydrogens (tertiary/aromatic N) is 2. The minimum absolute atomic E-state index is 0.503. The number of aryl methyl sites for hydroxylation is 2. The molecule has 118 valence electrons. The van der Waals surface area contributed by atoms with Crippen molar-refractivity contribution in [2.24, 2.45) is 24.8 Å². The van der Waals surface area contributed by atoms with Crippen molar-refractivity contribution in [2.45, 2.75) is 65.3 Å². The van der Waals surface area contributed by atoms with E-state index >= 15 is 0 Å². The fourth-order valence-corrected chi connectivity index (χ4v) is 4.88. The van der Waals surface area contributed by atoms with Gasteiger partial charge in [0.05, 0.1) is 5.69 Å². The fourth-order valence-electron chi connectivity index (χ4n) is 4.88. The Hall–Kier alpha value is -0.830. The predicted octanol–water partition coefficient (Wildman–Crippen LogP) is 3.90. The lowest BCUT2D eigenvalue weighted by Crippen LogP contribution is -2.27. The lowest BCUT2D eigenvalue weighted by Gasteiger charge is -2.28. The van der Waals surface area contributed by atoms with E-state index in [1.54, 1.807) is 0 Å². The first-order chi connectivity index (χ1) is 10.1. The van der Waals surface area contributed by atoms with Crippen LogP contribution in [0.2, 0.25) is 0 Å². The van der Waals surface area contributed by atoms with Crippen molar-refractivity contribution in [3.63, 3.8) is 0 Å². The highest BCUT2D eigenvalue weighted by Gasteiger charge is 2.40. The second-order valence-corrected chi connectivity index (χ2v) is 7.39. The molecule has 0 aliphatic heterocycles. The largest absolute Gasteiger partial charge is 0.310 e.